The van der Waals surface area contributed by atoms with Crippen molar-refractivity contribution in [1.82, 2.24) is 14.9 Å². The number of benzene rings is 1. The molecule has 0 spiro atoms. The molecule has 0 saturated carbocycles. The van der Waals surface area contributed by atoms with Gasteiger partial charge in [0.15, 0.2) is 11.0 Å². The lowest BCUT2D eigenvalue weighted by Gasteiger charge is -2.33. The van der Waals surface area contributed by atoms with E-state index in [2.05, 4.69) is 19.7 Å². The Labute approximate surface area is 183 Å². The molecule has 31 heavy (non-hydrogen) atoms. The second-order valence-electron chi connectivity index (χ2n) is 7.44. The molecule has 0 unspecified atom stereocenters. The number of rotatable bonds is 3. The first-order valence-corrected chi connectivity index (χ1v) is 12.2. The Morgan fingerprint density at radius 1 is 1.19 bits per heavy atom. The predicted octanol–water partition coefficient (Wildman–Crippen LogP) is 3.00. The number of amides is 1. The summed E-state index contributed by atoms with van der Waals surface area (Å²) in [6.07, 6.45) is 4.93. The number of pyridine rings is 1. The van der Waals surface area contributed by atoms with Gasteiger partial charge in [-0.15, -0.1) is 15.7 Å². The van der Waals surface area contributed by atoms with Crippen molar-refractivity contribution >= 4 is 38.2 Å². The van der Waals surface area contributed by atoms with Crippen LogP contribution in [0.25, 0.3) is 11.3 Å². The highest BCUT2D eigenvalue weighted by Gasteiger charge is 2.35. The van der Waals surface area contributed by atoms with E-state index in [1.165, 1.54) is 11.3 Å². The van der Waals surface area contributed by atoms with Gasteiger partial charge in [0.25, 0.3) is 10.0 Å². The number of thiazole rings is 1. The van der Waals surface area contributed by atoms with Gasteiger partial charge in [-0.1, -0.05) is 12.1 Å². The molecule has 1 aromatic carbocycles. The molecule has 2 aliphatic rings. The lowest BCUT2D eigenvalue weighted by molar-refractivity contribution is -0.121. The molecule has 1 N–H and O–H groups in total. The van der Waals surface area contributed by atoms with Crippen molar-refractivity contribution in [2.24, 2.45) is 10.3 Å². The molecule has 5 rings (SSSR count). The minimum absolute atomic E-state index is 0.119. The number of likely N-dealkylation sites (tertiary alicyclic amines) is 1. The third-order valence-corrected chi connectivity index (χ3v) is 7.48. The number of fused-ring (bicyclic) bond motifs is 1. The van der Waals surface area contributed by atoms with Gasteiger partial charge in [-0.05, 0) is 37.1 Å². The summed E-state index contributed by atoms with van der Waals surface area (Å²) in [4.78, 5) is 23.6. The van der Waals surface area contributed by atoms with Gasteiger partial charge in [-0.2, -0.15) is 8.42 Å². The van der Waals surface area contributed by atoms with E-state index in [0.29, 0.717) is 29.6 Å². The summed E-state index contributed by atoms with van der Waals surface area (Å²) in [6.45, 7) is 1.07. The van der Waals surface area contributed by atoms with Crippen LogP contribution in [0.4, 0.5) is 5.13 Å². The van der Waals surface area contributed by atoms with Crippen LogP contribution in [0.1, 0.15) is 18.4 Å². The van der Waals surface area contributed by atoms with E-state index in [1.807, 2.05) is 22.4 Å². The Kier molecular flexibility index (Phi) is 5.03. The molecule has 1 saturated heterocycles. The summed E-state index contributed by atoms with van der Waals surface area (Å²) in [6, 6.07) is 10.6. The SMILES string of the molecule is O=C(Nc1nc(-c2cccnc2)cs1)[C@@H]1CCCN(C2=NS(=O)(=O)c3ccccc32)C1. The van der Waals surface area contributed by atoms with Crippen LogP contribution in [0.3, 0.4) is 0 Å². The van der Waals surface area contributed by atoms with Crippen LogP contribution in [0.15, 0.2) is 63.5 Å². The standard InChI is InChI=1S/C21H19N5O3S2/c27-20(24-21-23-17(13-30-21)14-5-3-9-22-11-14)15-6-4-10-26(12-15)19-16-7-1-2-8-18(16)31(28,29)25-19/h1-3,5,7-9,11,13,15H,4,6,10,12H2,(H,23,24,27)/t15-/m1/s1. The molecule has 2 aromatic heterocycles. The van der Waals surface area contributed by atoms with Crippen LogP contribution in [-0.2, 0) is 14.8 Å². The second kappa shape index (κ2) is 7.86. The van der Waals surface area contributed by atoms with Crippen molar-refractivity contribution < 1.29 is 13.2 Å². The second-order valence-corrected chi connectivity index (χ2v) is 9.87. The van der Waals surface area contributed by atoms with Crippen molar-refractivity contribution in [2.45, 2.75) is 17.7 Å². The van der Waals surface area contributed by atoms with E-state index < -0.39 is 10.0 Å². The molecule has 3 aromatic rings. The zero-order chi connectivity index (χ0) is 21.4. The van der Waals surface area contributed by atoms with E-state index in [4.69, 9.17) is 0 Å². The van der Waals surface area contributed by atoms with Gasteiger partial charge in [0.05, 0.1) is 11.6 Å². The lowest BCUT2D eigenvalue weighted by atomic mass is 9.96. The number of hydrogen-bond donors (Lipinski definition) is 1. The first kappa shape index (κ1) is 19.8. The van der Waals surface area contributed by atoms with Crippen molar-refractivity contribution in [1.29, 1.82) is 0 Å². The summed E-state index contributed by atoms with van der Waals surface area (Å²) in [5, 5.41) is 5.33. The Balaban J connectivity index is 1.30. The number of carbonyl (C=O) groups is 1. The maximum Gasteiger partial charge on any atom is 0.285 e. The molecule has 0 radical (unpaired) electrons. The van der Waals surface area contributed by atoms with Crippen LogP contribution in [-0.4, -0.2) is 48.1 Å². The molecular weight excluding hydrogens is 434 g/mol. The highest BCUT2D eigenvalue weighted by atomic mass is 32.2. The molecule has 1 amide bonds. The normalized spacial score (nSPS) is 19.5. The van der Waals surface area contributed by atoms with Crippen LogP contribution in [0, 0.1) is 5.92 Å². The highest BCUT2D eigenvalue weighted by Crippen LogP contribution is 2.30. The van der Waals surface area contributed by atoms with Crippen molar-refractivity contribution in [3.05, 3.63) is 59.7 Å². The molecule has 0 aliphatic carbocycles. The third-order valence-electron chi connectivity index (χ3n) is 5.40. The zero-order valence-electron chi connectivity index (χ0n) is 16.4. The molecule has 8 nitrogen and oxygen atoms in total. The summed E-state index contributed by atoms with van der Waals surface area (Å²) < 4.78 is 28.7. The van der Waals surface area contributed by atoms with Crippen molar-refractivity contribution in [3.63, 3.8) is 0 Å². The fourth-order valence-corrected chi connectivity index (χ4v) is 5.84. The molecule has 4 heterocycles. The number of nitrogens with zero attached hydrogens (tertiary/aromatic N) is 4. The number of anilines is 1. The molecule has 0 bridgehead atoms. The van der Waals surface area contributed by atoms with Gasteiger partial charge in [0, 0.05) is 42.0 Å². The lowest BCUT2D eigenvalue weighted by Crippen LogP contribution is -2.43. The van der Waals surface area contributed by atoms with Crippen molar-refractivity contribution in [2.75, 3.05) is 18.4 Å². The molecule has 158 valence electrons. The van der Waals surface area contributed by atoms with Gasteiger partial charge in [-0.25, -0.2) is 4.98 Å². The van der Waals surface area contributed by atoms with Gasteiger partial charge in [0.1, 0.15) is 4.90 Å². The summed E-state index contributed by atoms with van der Waals surface area (Å²) in [5.74, 6) is 0.0328. The molecule has 1 atom stereocenters. The molecule has 2 aliphatic heterocycles. The first-order valence-electron chi connectivity index (χ1n) is 9.87. The maximum absolute atomic E-state index is 12.9. The topological polar surface area (TPSA) is 105 Å². The number of aromatic nitrogens is 2. The maximum atomic E-state index is 12.9. The quantitative estimate of drug-likeness (QED) is 0.654. The third kappa shape index (κ3) is 3.84. The molecular formula is C21H19N5O3S2. The zero-order valence-corrected chi connectivity index (χ0v) is 18.1. The number of nitrogens with one attached hydrogen (secondary N) is 1. The summed E-state index contributed by atoms with van der Waals surface area (Å²) in [7, 11) is -3.68. The molecule has 1 fully saturated rings. The average molecular weight is 454 g/mol. The summed E-state index contributed by atoms with van der Waals surface area (Å²) >= 11 is 1.37. The van der Waals surface area contributed by atoms with Gasteiger partial charge in [0.2, 0.25) is 5.91 Å². The Morgan fingerprint density at radius 3 is 2.90 bits per heavy atom. The number of carbonyl (C=O) groups excluding carboxylic acids is 1. The number of amidine groups is 1. The number of piperidine rings is 1. The van der Waals surface area contributed by atoms with Gasteiger partial charge < -0.3 is 10.2 Å². The Morgan fingerprint density at radius 2 is 2.06 bits per heavy atom. The van der Waals surface area contributed by atoms with Gasteiger partial charge >= 0.3 is 0 Å². The largest absolute Gasteiger partial charge is 0.355 e. The average Bonchev–Trinajstić information content (AvgIpc) is 3.37. The smallest absolute Gasteiger partial charge is 0.285 e. The fraction of sp³-hybridized carbons (Fsp3) is 0.238. The van der Waals surface area contributed by atoms with E-state index in [0.717, 1.165) is 24.1 Å². The van der Waals surface area contributed by atoms with E-state index in [-0.39, 0.29) is 16.7 Å². The van der Waals surface area contributed by atoms with Crippen LogP contribution >= 0.6 is 11.3 Å². The Bertz CT molecular complexity index is 1270. The van der Waals surface area contributed by atoms with Crippen molar-refractivity contribution in [3.8, 4) is 11.3 Å². The van der Waals surface area contributed by atoms with E-state index in [9.17, 15) is 13.2 Å². The van der Waals surface area contributed by atoms with Crippen LogP contribution in [0.5, 0.6) is 0 Å². The number of sulfonamides is 1. The van der Waals surface area contributed by atoms with E-state index in [1.54, 1.807) is 36.7 Å². The molecule has 10 heteroatoms. The fourth-order valence-electron chi connectivity index (χ4n) is 3.89. The highest BCUT2D eigenvalue weighted by molar-refractivity contribution is 7.90. The van der Waals surface area contributed by atoms with Gasteiger partial charge in [-0.3, -0.25) is 9.78 Å². The Hall–Kier alpha value is -3.11. The van der Waals surface area contributed by atoms with Crippen LogP contribution in [0.2, 0.25) is 0 Å². The monoisotopic (exact) mass is 453 g/mol. The van der Waals surface area contributed by atoms with Crippen LogP contribution < -0.4 is 5.32 Å². The minimum atomic E-state index is -3.68. The first-order chi connectivity index (χ1) is 15.0. The summed E-state index contributed by atoms with van der Waals surface area (Å²) in [5.41, 5.74) is 2.26. The van der Waals surface area contributed by atoms with E-state index >= 15 is 0 Å². The predicted molar refractivity (Wildman–Crippen MR) is 118 cm³/mol. The minimum Gasteiger partial charge on any atom is -0.355 e. The number of hydrogen-bond acceptors (Lipinski definition) is 7.